The van der Waals surface area contributed by atoms with E-state index in [1.54, 1.807) is 11.8 Å². The van der Waals surface area contributed by atoms with Gasteiger partial charge in [0.15, 0.2) is 0 Å². The standard InChI is InChI=1S/C22H25F3N6O5/c1-12(13-7-14(22(23,24)25)9-15(8-13)31(34)35)27-18-16-10-30(19(33)21(36-2)3-4-21)11-17(16)28-20(29-18)26-5-6-32/h7-9,12,32H,3-6,10-11H2,1-2H3,(H2,26,27,28,29)/t12-/m1/s1. The predicted molar refractivity (Wildman–Crippen MR) is 121 cm³/mol. The van der Waals surface area contributed by atoms with Gasteiger partial charge in [-0.2, -0.15) is 18.2 Å². The average molecular weight is 510 g/mol. The van der Waals surface area contributed by atoms with Crippen molar-refractivity contribution < 1.29 is 32.7 Å². The number of anilines is 2. The molecule has 2 aromatic rings. The second kappa shape index (κ2) is 9.50. The Hall–Kier alpha value is -3.52. The van der Waals surface area contributed by atoms with Crippen LogP contribution in [0.15, 0.2) is 18.2 Å². The summed E-state index contributed by atoms with van der Waals surface area (Å²) < 4.78 is 45.5. The van der Waals surface area contributed by atoms with Crippen molar-refractivity contribution in [3.63, 3.8) is 0 Å². The third kappa shape index (κ3) is 5.04. The molecule has 14 heteroatoms. The molecule has 2 heterocycles. The number of aromatic nitrogens is 2. The van der Waals surface area contributed by atoms with Crippen LogP contribution in [-0.2, 0) is 28.8 Å². The SMILES string of the molecule is COC1(C(=O)N2Cc3nc(NCCO)nc(N[C@H](C)c4cc([N+](=O)[O-])cc(C(F)(F)F)c4)c3C2)CC1. The fourth-order valence-corrected chi connectivity index (χ4v) is 4.11. The van der Waals surface area contributed by atoms with Crippen molar-refractivity contribution >= 4 is 23.4 Å². The van der Waals surface area contributed by atoms with Gasteiger partial charge in [0.1, 0.15) is 11.4 Å². The molecule has 0 spiro atoms. The number of fused-ring (bicyclic) bond motifs is 1. The molecule has 1 amide bonds. The molecule has 0 bridgehead atoms. The van der Waals surface area contributed by atoms with Crippen LogP contribution in [0.3, 0.4) is 0 Å². The number of hydrogen-bond donors (Lipinski definition) is 3. The number of hydrogen-bond acceptors (Lipinski definition) is 9. The summed E-state index contributed by atoms with van der Waals surface area (Å²) in [5.41, 5.74) is -1.50. The first-order valence-corrected chi connectivity index (χ1v) is 11.2. The van der Waals surface area contributed by atoms with Crippen LogP contribution in [-0.4, -0.2) is 56.7 Å². The molecular formula is C22H25F3N6O5. The number of benzene rings is 1. The maximum absolute atomic E-state index is 13.4. The van der Waals surface area contributed by atoms with E-state index in [0.717, 1.165) is 12.1 Å². The first kappa shape index (κ1) is 25.6. The highest BCUT2D eigenvalue weighted by molar-refractivity contribution is 5.88. The number of carbonyl (C=O) groups excluding carboxylic acids is 1. The van der Waals surface area contributed by atoms with Gasteiger partial charge in [0, 0.05) is 31.4 Å². The number of amides is 1. The highest BCUT2D eigenvalue weighted by Gasteiger charge is 2.53. The summed E-state index contributed by atoms with van der Waals surface area (Å²) in [6, 6.07) is 1.60. The third-order valence-corrected chi connectivity index (χ3v) is 6.28. The van der Waals surface area contributed by atoms with Crippen molar-refractivity contribution in [1.82, 2.24) is 14.9 Å². The van der Waals surface area contributed by atoms with Crippen molar-refractivity contribution in [1.29, 1.82) is 0 Å². The van der Waals surface area contributed by atoms with Crippen molar-refractivity contribution in [3.05, 3.63) is 50.7 Å². The lowest BCUT2D eigenvalue weighted by Crippen LogP contribution is -2.38. The predicted octanol–water partition coefficient (Wildman–Crippen LogP) is 3.00. The molecule has 1 aromatic carbocycles. The summed E-state index contributed by atoms with van der Waals surface area (Å²) in [5.74, 6) is 0.251. The number of nitrogens with zero attached hydrogens (tertiary/aromatic N) is 4. The molecule has 194 valence electrons. The van der Waals surface area contributed by atoms with E-state index < -0.39 is 34.0 Å². The van der Waals surface area contributed by atoms with Crippen LogP contribution in [0.1, 0.15) is 48.2 Å². The Labute approximate surface area is 203 Å². The van der Waals surface area contributed by atoms with Crippen molar-refractivity contribution in [2.45, 2.75) is 50.7 Å². The Kier molecular flexibility index (Phi) is 6.75. The van der Waals surface area contributed by atoms with Crippen LogP contribution in [0.25, 0.3) is 0 Å². The first-order valence-electron chi connectivity index (χ1n) is 11.2. The van der Waals surface area contributed by atoms with Crippen LogP contribution in [0, 0.1) is 10.1 Å². The minimum atomic E-state index is -4.76. The molecule has 1 aliphatic heterocycles. The molecule has 1 fully saturated rings. The number of nitro benzene ring substituents is 1. The average Bonchev–Trinajstić information content (AvgIpc) is 3.52. The van der Waals surface area contributed by atoms with E-state index >= 15 is 0 Å². The van der Waals surface area contributed by atoms with E-state index in [1.807, 2.05) is 0 Å². The first-order chi connectivity index (χ1) is 17.0. The van der Waals surface area contributed by atoms with Crippen molar-refractivity contribution in [2.75, 3.05) is 30.9 Å². The van der Waals surface area contributed by atoms with Gasteiger partial charge < -0.3 is 25.4 Å². The van der Waals surface area contributed by atoms with Crippen LogP contribution in [0.4, 0.5) is 30.6 Å². The molecular weight excluding hydrogens is 485 g/mol. The van der Waals surface area contributed by atoms with E-state index in [0.29, 0.717) is 30.2 Å². The monoisotopic (exact) mass is 510 g/mol. The number of non-ortho nitro benzene ring substituents is 1. The van der Waals surface area contributed by atoms with E-state index in [4.69, 9.17) is 9.84 Å². The van der Waals surface area contributed by atoms with E-state index in [9.17, 15) is 28.1 Å². The number of aliphatic hydroxyl groups is 1. The number of methoxy groups -OCH3 is 1. The minimum absolute atomic E-state index is 0.0380. The Morgan fingerprint density at radius 2 is 2.03 bits per heavy atom. The number of ether oxygens (including phenoxy) is 1. The zero-order valence-corrected chi connectivity index (χ0v) is 19.6. The summed E-state index contributed by atoms with van der Waals surface area (Å²) >= 11 is 0. The zero-order chi connectivity index (χ0) is 26.3. The number of carbonyl (C=O) groups is 1. The largest absolute Gasteiger partial charge is 0.416 e. The topological polar surface area (TPSA) is 143 Å². The smallest absolute Gasteiger partial charge is 0.395 e. The Morgan fingerprint density at radius 3 is 2.61 bits per heavy atom. The van der Waals surface area contributed by atoms with Gasteiger partial charge in [0.2, 0.25) is 5.95 Å². The molecule has 2 aliphatic rings. The molecule has 0 radical (unpaired) electrons. The Balaban J connectivity index is 1.66. The molecule has 0 unspecified atom stereocenters. The maximum atomic E-state index is 13.4. The Bertz CT molecular complexity index is 1190. The molecule has 36 heavy (non-hydrogen) atoms. The number of halogens is 3. The third-order valence-electron chi connectivity index (χ3n) is 6.28. The molecule has 1 aromatic heterocycles. The number of rotatable bonds is 9. The number of alkyl halides is 3. The molecule has 1 saturated carbocycles. The summed E-state index contributed by atoms with van der Waals surface area (Å²) in [6.07, 6.45) is -3.54. The zero-order valence-electron chi connectivity index (χ0n) is 19.6. The van der Waals surface area contributed by atoms with E-state index in [-0.39, 0.29) is 49.5 Å². The number of nitro groups is 1. The van der Waals surface area contributed by atoms with Gasteiger partial charge in [-0.15, -0.1) is 0 Å². The van der Waals surface area contributed by atoms with Gasteiger partial charge in [-0.1, -0.05) is 0 Å². The fourth-order valence-electron chi connectivity index (χ4n) is 4.11. The summed E-state index contributed by atoms with van der Waals surface area (Å²) in [6.45, 7) is 1.87. The molecule has 3 N–H and O–H groups in total. The maximum Gasteiger partial charge on any atom is 0.416 e. The van der Waals surface area contributed by atoms with Gasteiger partial charge in [-0.25, -0.2) is 4.98 Å². The highest BCUT2D eigenvalue weighted by Crippen LogP contribution is 2.43. The summed E-state index contributed by atoms with van der Waals surface area (Å²) in [7, 11) is 1.48. The molecule has 4 rings (SSSR count). The highest BCUT2D eigenvalue weighted by atomic mass is 19.4. The van der Waals surface area contributed by atoms with E-state index in [2.05, 4.69) is 20.6 Å². The molecule has 1 atom stereocenters. The second-order valence-corrected chi connectivity index (χ2v) is 8.77. The Morgan fingerprint density at radius 1 is 1.31 bits per heavy atom. The molecule has 0 saturated heterocycles. The van der Waals surface area contributed by atoms with Gasteiger partial charge in [0.25, 0.3) is 11.6 Å². The van der Waals surface area contributed by atoms with Crippen LogP contribution in [0.2, 0.25) is 0 Å². The molecule has 1 aliphatic carbocycles. The lowest BCUT2D eigenvalue weighted by molar-refractivity contribution is -0.385. The number of nitrogens with one attached hydrogen (secondary N) is 2. The summed E-state index contributed by atoms with van der Waals surface area (Å²) in [4.78, 5) is 33.8. The lowest BCUT2D eigenvalue weighted by atomic mass is 10.0. The van der Waals surface area contributed by atoms with E-state index in [1.165, 1.54) is 7.11 Å². The normalized spacial score (nSPS) is 16.9. The quantitative estimate of drug-likeness (QED) is 0.343. The molecule has 11 nitrogen and oxygen atoms in total. The van der Waals surface area contributed by atoms with Gasteiger partial charge in [-0.3, -0.25) is 14.9 Å². The van der Waals surface area contributed by atoms with Crippen molar-refractivity contribution in [3.8, 4) is 0 Å². The van der Waals surface area contributed by atoms with Gasteiger partial charge >= 0.3 is 6.18 Å². The van der Waals surface area contributed by atoms with Crippen LogP contribution < -0.4 is 10.6 Å². The van der Waals surface area contributed by atoms with Crippen LogP contribution in [0.5, 0.6) is 0 Å². The fraction of sp³-hybridized carbons (Fsp3) is 0.500. The number of aliphatic hydroxyl groups excluding tert-OH is 1. The summed E-state index contributed by atoms with van der Waals surface area (Å²) in [5, 5.41) is 26.3. The van der Waals surface area contributed by atoms with Crippen molar-refractivity contribution in [2.24, 2.45) is 0 Å². The lowest BCUT2D eigenvalue weighted by Gasteiger charge is -2.21. The van der Waals surface area contributed by atoms with Gasteiger partial charge in [0.05, 0.1) is 41.9 Å². The minimum Gasteiger partial charge on any atom is -0.395 e. The second-order valence-electron chi connectivity index (χ2n) is 8.77. The van der Waals surface area contributed by atoms with Crippen LogP contribution >= 0.6 is 0 Å². The van der Waals surface area contributed by atoms with Gasteiger partial charge in [-0.05, 0) is 31.4 Å².